The molecule has 0 radical (unpaired) electrons. The molecule has 2 saturated heterocycles. The van der Waals surface area contributed by atoms with Gasteiger partial charge in [-0.25, -0.2) is 19.3 Å². The van der Waals surface area contributed by atoms with Crippen LogP contribution >= 0.6 is 30.6 Å². The van der Waals surface area contributed by atoms with E-state index in [4.69, 9.17) is 31.3 Å². The largest absolute Gasteiger partial charge is 0.382 e. The highest BCUT2D eigenvalue weighted by molar-refractivity contribution is 8.68. The first-order chi connectivity index (χ1) is 15.6. The number of allylic oxidation sites excluding steroid dienone is 1. The number of hydrogen-bond acceptors (Lipinski definition) is 9. The van der Waals surface area contributed by atoms with Gasteiger partial charge in [-0.3, -0.25) is 4.57 Å². The normalized spacial score (nSPS) is 39.6. The molecule has 5 rings (SSSR count). The van der Waals surface area contributed by atoms with Crippen LogP contribution in [-0.2, 0) is 25.6 Å². The third-order valence-corrected chi connectivity index (χ3v) is 12.8. The lowest BCUT2D eigenvalue weighted by atomic mass is 9.77. The van der Waals surface area contributed by atoms with Gasteiger partial charge in [-0.15, -0.1) is 0 Å². The van der Waals surface area contributed by atoms with Crippen LogP contribution in [0.25, 0.3) is 11.2 Å². The zero-order chi connectivity index (χ0) is 23.5. The Bertz CT molecular complexity index is 1140. The van der Waals surface area contributed by atoms with Gasteiger partial charge in [0.2, 0.25) is 5.69 Å². The highest BCUT2D eigenvalue weighted by Gasteiger charge is 2.56. The summed E-state index contributed by atoms with van der Waals surface area (Å²) in [6.45, 7) is 10.3. The fourth-order valence-electron chi connectivity index (χ4n) is 5.01. The number of nitrogens with zero attached hydrogens (tertiary/aromatic N) is 4. The van der Waals surface area contributed by atoms with E-state index in [2.05, 4.69) is 35.4 Å². The Kier molecular flexibility index (Phi) is 7.44. The monoisotopic (exact) mass is 547 g/mol. The maximum atomic E-state index is 15.9. The number of nitrogens with two attached hydrogens (primary N) is 1. The molecule has 0 amide bonds. The van der Waals surface area contributed by atoms with Crippen molar-refractivity contribution >= 4 is 59.4 Å². The summed E-state index contributed by atoms with van der Waals surface area (Å²) in [6.07, 6.45) is 2.56. The summed E-state index contributed by atoms with van der Waals surface area (Å²) in [6, 6.07) is 0. The average Bonchev–Trinajstić information content (AvgIpc) is 3.39. The second-order valence-corrected chi connectivity index (χ2v) is 15.9. The molecule has 4 heterocycles. The van der Waals surface area contributed by atoms with Crippen molar-refractivity contribution in [1.82, 2.24) is 19.5 Å². The molecule has 0 aromatic carbocycles. The molecular weight excluding hydrogens is 516 g/mol. The maximum Gasteiger partial charge on any atom is 0.248 e. The molecule has 0 spiro atoms. The molecule has 2 aliphatic heterocycles. The van der Waals surface area contributed by atoms with Crippen LogP contribution in [0.5, 0.6) is 0 Å². The van der Waals surface area contributed by atoms with Crippen molar-refractivity contribution in [2.45, 2.75) is 81.9 Å². The highest BCUT2D eigenvalue weighted by Crippen LogP contribution is 2.76. The van der Waals surface area contributed by atoms with Crippen molar-refractivity contribution in [3.8, 4) is 0 Å². The van der Waals surface area contributed by atoms with Crippen molar-refractivity contribution in [2.75, 3.05) is 5.73 Å². The Labute approximate surface area is 215 Å². The van der Waals surface area contributed by atoms with Crippen LogP contribution in [0.2, 0.25) is 0 Å². The first kappa shape index (κ1) is 26.3. The smallest absolute Gasteiger partial charge is 0.248 e. The minimum absolute atomic E-state index is 0. The molecule has 0 bridgehead atoms. The van der Waals surface area contributed by atoms with Crippen molar-refractivity contribution in [3.63, 3.8) is 0 Å². The van der Waals surface area contributed by atoms with E-state index >= 15 is 4.39 Å². The zero-order valence-corrected chi connectivity index (χ0v) is 22.9. The molecule has 2 aromatic heterocycles. The fraction of sp³-hybridized carbons (Fsp3) is 0.667. The van der Waals surface area contributed by atoms with Gasteiger partial charge in [0.25, 0.3) is 0 Å². The number of ether oxygens (including phenoxy) is 1. The van der Waals surface area contributed by atoms with Gasteiger partial charge in [-0.1, -0.05) is 30.5 Å². The summed E-state index contributed by atoms with van der Waals surface area (Å²) in [7, 11) is 0. The quantitative estimate of drug-likeness (QED) is 0.408. The molecule has 34 heavy (non-hydrogen) atoms. The van der Waals surface area contributed by atoms with Gasteiger partial charge in [-0.05, 0) is 57.3 Å². The molecule has 8 nitrogen and oxygen atoms in total. The summed E-state index contributed by atoms with van der Waals surface area (Å²) in [5.41, 5.74) is 5.13. The van der Waals surface area contributed by atoms with Crippen molar-refractivity contribution in [1.29, 1.82) is 0 Å². The standard InChI is InChI=1S/C21H29FN5O3PS2.H2S/c1-5-13-17(15(22)20(28-13)27-10-26-16-18(23)24-9-25-19(16)27)30-31(32)29-14-8-12(11(2)3)6-7-21(14,4)33-31;/h9-10,12-15,17,20H,2,5-8H2,1,3-4H3,(H2,23,24,25);1H2/t12-,13+,14+,15+,17+,20+,21+,31+;/m0./s1. The molecule has 13 heteroatoms. The van der Waals surface area contributed by atoms with E-state index in [1.807, 2.05) is 6.92 Å². The van der Waals surface area contributed by atoms with E-state index in [9.17, 15) is 0 Å². The summed E-state index contributed by atoms with van der Waals surface area (Å²) in [4.78, 5) is 12.4. The van der Waals surface area contributed by atoms with Gasteiger partial charge >= 0.3 is 0 Å². The minimum atomic E-state index is -2.76. The number of hydrogen-bond donors (Lipinski definition) is 1. The number of imidazole rings is 1. The molecule has 1 aliphatic carbocycles. The lowest BCUT2D eigenvalue weighted by molar-refractivity contribution is -0.0224. The predicted octanol–water partition coefficient (Wildman–Crippen LogP) is 5.04. The molecule has 2 N–H and O–H groups in total. The number of fused-ring (bicyclic) bond motifs is 2. The van der Waals surface area contributed by atoms with Crippen LogP contribution in [0.15, 0.2) is 24.8 Å². The molecule has 188 valence electrons. The molecule has 3 aliphatic rings. The van der Waals surface area contributed by atoms with Crippen LogP contribution in [0.1, 0.15) is 52.7 Å². The Morgan fingerprint density at radius 1 is 1.47 bits per heavy atom. The number of alkyl halides is 1. The third kappa shape index (κ3) is 4.44. The van der Waals surface area contributed by atoms with E-state index in [-0.39, 0.29) is 30.2 Å². The molecule has 8 atom stereocenters. The Hall–Kier alpha value is -0.750. The van der Waals surface area contributed by atoms with E-state index < -0.39 is 30.3 Å². The van der Waals surface area contributed by atoms with Crippen molar-refractivity contribution < 1.29 is 18.2 Å². The molecule has 3 fully saturated rings. The molecule has 0 unspecified atom stereocenters. The lowest BCUT2D eigenvalue weighted by Gasteiger charge is -2.37. The second-order valence-electron chi connectivity index (χ2n) is 9.33. The topological polar surface area (TPSA) is 97.3 Å². The minimum Gasteiger partial charge on any atom is -0.382 e. The number of rotatable bonds is 5. The number of aromatic nitrogens is 4. The van der Waals surface area contributed by atoms with Gasteiger partial charge in [0.15, 0.2) is 23.9 Å². The number of halogens is 1. The van der Waals surface area contributed by atoms with Crippen LogP contribution in [0.3, 0.4) is 0 Å². The lowest BCUT2D eigenvalue weighted by Crippen LogP contribution is -2.39. The van der Waals surface area contributed by atoms with Crippen LogP contribution < -0.4 is 5.73 Å². The number of nitrogen functional groups attached to an aromatic ring is 1. The molecule has 1 saturated carbocycles. The fourth-order valence-corrected chi connectivity index (χ4v) is 12.5. The summed E-state index contributed by atoms with van der Waals surface area (Å²) < 4.78 is 36.1. The van der Waals surface area contributed by atoms with Crippen molar-refractivity contribution in [2.24, 2.45) is 5.92 Å². The van der Waals surface area contributed by atoms with E-state index in [0.29, 0.717) is 23.5 Å². The van der Waals surface area contributed by atoms with Gasteiger partial charge < -0.3 is 19.5 Å². The highest BCUT2D eigenvalue weighted by atomic mass is 32.9. The SMILES string of the molecule is C=C(C)[C@H]1CC[C@@]2(C)S[P@@](=S)(O[C@H]3[C@@H](F)[C@H](n4cnc5c(N)ncnc54)O[C@@H]3CC)O[C@@H]2C1.S. The maximum absolute atomic E-state index is 15.9. The van der Waals surface area contributed by atoms with Crippen LogP contribution in [0.4, 0.5) is 10.2 Å². The van der Waals surface area contributed by atoms with Crippen LogP contribution in [-0.4, -0.2) is 48.7 Å². The van der Waals surface area contributed by atoms with E-state index in [0.717, 1.165) is 19.3 Å². The van der Waals surface area contributed by atoms with Crippen molar-refractivity contribution in [3.05, 3.63) is 24.8 Å². The van der Waals surface area contributed by atoms with Gasteiger partial charge in [-0.2, -0.15) is 13.5 Å². The molecule has 2 aromatic rings. The van der Waals surface area contributed by atoms with E-state index in [1.165, 1.54) is 18.2 Å². The summed E-state index contributed by atoms with van der Waals surface area (Å²) in [5, 5.41) is 0. The Morgan fingerprint density at radius 2 is 2.24 bits per heavy atom. The van der Waals surface area contributed by atoms with Gasteiger partial charge in [0.05, 0.1) is 18.5 Å². The third-order valence-electron chi connectivity index (χ3n) is 7.02. The summed E-state index contributed by atoms with van der Waals surface area (Å²) in [5.74, 6) is 0.660. The Morgan fingerprint density at radius 3 is 2.94 bits per heavy atom. The predicted molar refractivity (Wildman–Crippen MR) is 141 cm³/mol. The second kappa shape index (κ2) is 9.61. The van der Waals surface area contributed by atoms with Gasteiger partial charge in [0, 0.05) is 4.75 Å². The Balaban J connectivity index is 0.00000274. The molecular formula is C21H31FN5O3PS3. The summed E-state index contributed by atoms with van der Waals surface area (Å²) >= 11 is 7.50. The first-order valence-electron chi connectivity index (χ1n) is 11.2. The van der Waals surface area contributed by atoms with Gasteiger partial charge in [0.1, 0.15) is 17.9 Å². The van der Waals surface area contributed by atoms with Crippen LogP contribution in [0, 0.1) is 5.92 Å². The first-order valence-corrected chi connectivity index (χ1v) is 15.3. The number of anilines is 1. The average molecular weight is 548 g/mol. The van der Waals surface area contributed by atoms with E-state index in [1.54, 1.807) is 15.9 Å². The zero-order valence-electron chi connectivity index (χ0n) is 19.4.